The van der Waals surface area contributed by atoms with Crippen molar-refractivity contribution in [1.29, 1.82) is 0 Å². The molecule has 0 atom stereocenters. The second kappa shape index (κ2) is 9.82. The summed E-state index contributed by atoms with van der Waals surface area (Å²) >= 11 is 0. The van der Waals surface area contributed by atoms with Gasteiger partial charge in [-0.25, -0.2) is 0 Å². The van der Waals surface area contributed by atoms with E-state index in [0.717, 1.165) is 5.57 Å². The van der Waals surface area contributed by atoms with Crippen molar-refractivity contribution in [3.63, 3.8) is 0 Å². The van der Waals surface area contributed by atoms with Gasteiger partial charge in [0.2, 0.25) is 0 Å². The predicted octanol–water partition coefficient (Wildman–Crippen LogP) is -1.96. The van der Waals surface area contributed by atoms with Gasteiger partial charge in [-0.05, 0) is 6.92 Å². The van der Waals surface area contributed by atoms with E-state index in [0.29, 0.717) is 0 Å². The van der Waals surface area contributed by atoms with Gasteiger partial charge in [-0.3, -0.25) is 0 Å². The van der Waals surface area contributed by atoms with Gasteiger partial charge in [0, 0.05) is 0 Å². The summed E-state index contributed by atoms with van der Waals surface area (Å²) in [5, 5.41) is 10.2. The molecule has 2 heteroatoms. The van der Waals surface area contributed by atoms with E-state index < -0.39 is 0 Å². The van der Waals surface area contributed by atoms with Crippen molar-refractivity contribution in [2.45, 2.75) is 6.92 Å². The molecule has 0 spiro atoms. The van der Waals surface area contributed by atoms with Crippen molar-refractivity contribution >= 4 is 0 Å². The summed E-state index contributed by atoms with van der Waals surface area (Å²) in [6.07, 6.45) is 7.04. The number of allylic oxidation sites excluding steroid dienone is 3. The summed E-state index contributed by atoms with van der Waals surface area (Å²) in [7, 11) is 0. The van der Waals surface area contributed by atoms with Gasteiger partial charge in [0.25, 0.3) is 0 Å². The van der Waals surface area contributed by atoms with E-state index >= 15 is 0 Å². The second-order valence-electron chi connectivity index (χ2n) is 1.62. The smallest absolute Gasteiger partial charge is 0.851 e. The first-order chi connectivity index (χ1) is 4.35. The van der Waals surface area contributed by atoms with Crippen LogP contribution in [0.5, 0.6) is 0 Å². The molecule has 0 heterocycles. The zero-order valence-corrected chi connectivity index (χ0v) is 9.75. The van der Waals surface area contributed by atoms with Crippen LogP contribution in [-0.4, -0.2) is 6.61 Å². The van der Waals surface area contributed by atoms with Crippen LogP contribution in [0.2, 0.25) is 0 Å². The Bertz CT molecular complexity index is 136. The van der Waals surface area contributed by atoms with Crippen LogP contribution in [0.4, 0.5) is 0 Å². The van der Waals surface area contributed by atoms with Gasteiger partial charge in [0.05, 0.1) is 0 Å². The molecular weight excluding hydrogens is 151 g/mol. The van der Waals surface area contributed by atoms with Crippen molar-refractivity contribution in [2.75, 3.05) is 6.61 Å². The fourth-order valence-electron chi connectivity index (χ4n) is 0.395. The zero-order chi connectivity index (χ0) is 7.11. The summed E-state index contributed by atoms with van der Waals surface area (Å²) in [6.45, 7) is 5.20. The van der Waals surface area contributed by atoms with Crippen LogP contribution in [0.3, 0.4) is 0 Å². The first-order valence-corrected chi connectivity index (χ1v) is 2.87. The minimum Gasteiger partial charge on any atom is -0.851 e. The van der Waals surface area contributed by atoms with Crippen molar-refractivity contribution in [2.24, 2.45) is 0 Å². The van der Waals surface area contributed by atoms with E-state index in [1.807, 2.05) is 19.1 Å². The monoisotopic (exact) mass is 162 g/mol. The Kier molecular flexibility index (Phi) is 13.2. The van der Waals surface area contributed by atoms with Crippen LogP contribution >= 0.6 is 0 Å². The SMILES string of the molecule is C=C/C(=C\C=C/C)C[O-].[K+]. The van der Waals surface area contributed by atoms with E-state index in [-0.39, 0.29) is 58.0 Å². The molecule has 0 saturated carbocycles. The van der Waals surface area contributed by atoms with Crippen molar-refractivity contribution in [3.8, 4) is 0 Å². The number of hydrogen-bond acceptors (Lipinski definition) is 1. The van der Waals surface area contributed by atoms with Crippen LogP contribution in [0.1, 0.15) is 6.92 Å². The summed E-state index contributed by atoms with van der Waals surface area (Å²) < 4.78 is 0. The summed E-state index contributed by atoms with van der Waals surface area (Å²) in [5.74, 6) is 0. The van der Waals surface area contributed by atoms with Gasteiger partial charge in [0.15, 0.2) is 0 Å². The minimum absolute atomic E-state index is 0. The van der Waals surface area contributed by atoms with E-state index in [1.165, 1.54) is 0 Å². The normalized spacial score (nSPS) is 11.2. The fourth-order valence-corrected chi connectivity index (χ4v) is 0.395. The molecule has 0 aliphatic heterocycles. The summed E-state index contributed by atoms with van der Waals surface area (Å²) in [6, 6.07) is 0. The average molecular weight is 162 g/mol. The molecule has 0 amide bonds. The van der Waals surface area contributed by atoms with E-state index in [2.05, 4.69) is 6.58 Å². The van der Waals surface area contributed by atoms with Crippen LogP contribution in [-0.2, 0) is 0 Å². The first-order valence-electron chi connectivity index (χ1n) is 2.87. The van der Waals surface area contributed by atoms with Gasteiger partial charge < -0.3 is 5.11 Å². The quantitative estimate of drug-likeness (QED) is 0.349. The fraction of sp³-hybridized carbons (Fsp3) is 0.250. The van der Waals surface area contributed by atoms with Gasteiger partial charge in [0.1, 0.15) is 0 Å². The molecule has 10 heavy (non-hydrogen) atoms. The van der Waals surface area contributed by atoms with Gasteiger partial charge in [-0.15, -0.1) is 6.61 Å². The molecule has 0 aliphatic carbocycles. The van der Waals surface area contributed by atoms with Crippen LogP contribution in [0.25, 0.3) is 0 Å². The van der Waals surface area contributed by atoms with Crippen LogP contribution in [0, 0.1) is 0 Å². The largest absolute Gasteiger partial charge is 1.00 e. The number of rotatable bonds is 3. The topological polar surface area (TPSA) is 23.1 Å². The minimum atomic E-state index is -0.187. The molecule has 0 aliphatic rings. The van der Waals surface area contributed by atoms with Crippen LogP contribution < -0.4 is 56.5 Å². The molecule has 0 aromatic heterocycles. The maximum atomic E-state index is 10.2. The molecule has 50 valence electrons. The first kappa shape index (κ1) is 13.4. The molecule has 1 nitrogen and oxygen atoms in total. The Balaban J connectivity index is 0. The third kappa shape index (κ3) is 6.93. The maximum Gasteiger partial charge on any atom is 1.00 e. The number of hydrogen-bond donors (Lipinski definition) is 0. The zero-order valence-electron chi connectivity index (χ0n) is 6.63. The van der Waals surface area contributed by atoms with E-state index in [4.69, 9.17) is 0 Å². The standard InChI is InChI=1S/C8H11O.K/c1-3-5-6-8(4-2)7-9;/h3-6H,2,7H2,1H3;/q-1;+1/b5-3-,8-6+;. The average Bonchev–Trinajstić information content (AvgIpc) is 1.91. The molecule has 0 rings (SSSR count). The van der Waals surface area contributed by atoms with E-state index in [9.17, 15) is 5.11 Å². The molecule has 0 aromatic carbocycles. The predicted molar refractivity (Wildman–Crippen MR) is 38.0 cm³/mol. The Morgan fingerprint density at radius 1 is 1.60 bits per heavy atom. The Morgan fingerprint density at radius 3 is 2.50 bits per heavy atom. The van der Waals surface area contributed by atoms with Gasteiger partial charge in [-0.2, -0.15) is 0 Å². The van der Waals surface area contributed by atoms with Crippen LogP contribution in [0.15, 0.2) is 36.5 Å². The Morgan fingerprint density at radius 2 is 2.20 bits per heavy atom. The molecule has 0 radical (unpaired) electrons. The molecule has 0 unspecified atom stereocenters. The van der Waals surface area contributed by atoms with Gasteiger partial charge >= 0.3 is 51.4 Å². The van der Waals surface area contributed by atoms with Crippen molar-refractivity contribution in [3.05, 3.63) is 36.5 Å². The molecular formula is C8H11KO. The maximum absolute atomic E-state index is 10.2. The molecule has 0 saturated heterocycles. The molecule has 0 aromatic rings. The Labute approximate surface area is 105 Å². The molecule has 0 fully saturated rings. The summed E-state index contributed by atoms with van der Waals surface area (Å²) in [4.78, 5) is 0. The molecule has 0 bridgehead atoms. The van der Waals surface area contributed by atoms with Crippen molar-refractivity contribution in [1.82, 2.24) is 0 Å². The van der Waals surface area contributed by atoms with E-state index in [1.54, 1.807) is 12.2 Å². The van der Waals surface area contributed by atoms with Crippen molar-refractivity contribution < 1.29 is 56.5 Å². The molecule has 0 N–H and O–H groups in total. The Hall–Kier alpha value is 0.816. The third-order valence-corrected chi connectivity index (χ3v) is 0.932. The second-order valence-corrected chi connectivity index (χ2v) is 1.62. The van der Waals surface area contributed by atoms with Gasteiger partial charge in [-0.1, -0.05) is 36.5 Å². The summed E-state index contributed by atoms with van der Waals surface area (Å²) in [5.41, 5.74) is 0.730. The third-order valence-electron chi connectivity index (χ3n) is 0.932.